The first-order valence-electron chi connectivity index (χ1n) is 15.2. The molecule has 36 heavy (non-hydrogen) atoms. The van der Waals surface area contributed by atoms with E-state index in [0.717, 1.165) is 57.8 Å². The summed E-state index contributed by atoms with van der Waals surface area (Å²) in [6.45, 7) is 4.19. The standard InChI is InChI=1S/C32H59NO3/c1-3-5-7-9-11-13-14-15-16-17-18-20-22-24-26-28-32(36)33-30(29-34)31(35)27-25-23-21-19-12-10-8-6-4-2/h5,7,11,13,15-16,30-31,34-35H,3-4,6,8-10,12,14,17-29H2,1-2H3,(H,33,36)/b7-5-,13-11-,16-15-. The molecule has 1 amide bonds. The Kier molecular flexibility index (Phi) is 27.1. The summed E-state index contributed by atoms with van der Waals surface area (Å²) in [5, 5.41) is 22.8. The number of aliphatic hydroxyl groups is 2. The highest BCUT2D eigenvalue weighted by Crippen LogP contribution is 2.13. The fourth-order valence-corrected chi connectivity index (χ4v) is 4.31. The topological polar surface area (TPSA) is 69.6 Å². The van der Waals surface area contributed by atoms with E-state index in [4.69, 9.17) is 0 Å². The molecule has 0 aliphatic carbocycles. The molecule has 0 aliphatic heterocycles. The highest BCUT2D eigenvalue weighted by Gasteiger charge is 2.19. The number of hydrogen-bond acceptors (Lipinski definition) is 3. The van der Waals surface area contributed by atoms with E-state index in [1.165, 1.54) is 57.8 Å². The van der Waals surface area contributed by atoms with Crippen LogP contribution in [0.1, 0.15) is 142 Å². The van der Waals surface area contributed by atoms with E-state index in [9.17, 15) is 15.0 Å². The number of allylic oxidation sites excluding steroid dienone is 6. The Morgan fingerprint density at radius 2 is 1.22 bits per heavy atom. The van der Waals surface area contributed by atoms with Gasteiger partial charge in [0.1, 0.15) is 0 Å². The van der Waals surface area contributed by atoms with Crippen molar-refractivity contribution in [1.82, 2.24) is 5.32 Å². The number of hydrogen-bond donors (Lipinski definition) is 3. The van der Waals surface area contributed by atoms with Crippen LogP contribution in [0.3, 0.4) is 0 Å². The zero-order valence-corrected chi connectivity index (χ0v) is 23.8. The lowest BCUT2D eigenvalue weighted by Gasteiger charge is -2.22. The van der Waals surface area contributed by atoms with Gasteiger partial charge in [-0.1, -0.05) is 127 Å². The summed E-state index contributed by atoms with van der Waals surface area (Å²) in [5.41, 5.74) is 0. The van der Waals surface area contributed by atoms with Crippen molar-refractivity contribution in [2.45, 2.75) is 154 Å². The number of unbranched alkanes of at least 4 members (excludes halogenated alkanes) is 13. The van der Waals surface area contributed by atoms with Crippen LogP contribution in [0.4, 0.5) is 0 Å². The van der Waals surface area contributed by atoms with Crippen LogP contribution in [0.5, 0.6) is 0 Å². The van der Waals surface area contributed by atoms with Gasteiger partial charge in [0.25, 0.3) is 0 Å². The molecule has 3 N–H and O–H groups in total. The first-order chi connectivity index (χ1) is 17.7. The van der Waals surface area contributed by atoms with Crippen LogP contribution in [0.2, 0.25) is 0 Å². The summed E-state index contributed by atoms with van der Waals surface area (Å²) >= 11 is 0. The van der Waals surface area contributed by atoms with Crippen LogP contribution in [0, 0.1) is 0 Å². The third kappa shape index (κ3) is 24.3. The first kappa shape index (κ1) is 34.6. The van der Waals surface area contributed by atoms with E-state index in [2.05, 4.69) is 55.6 Å². The average Bonchev–Trinajstić information content (AvgIpc) is 2.88. The molecule has 4 heteroatoms. The third-order valence-corrected chi connectivity index (χ3v) is 6.67. The lowest BCUT2D eigenvalue weighted by Crippen LogP contribution is -2.45. The summed E-state index contributed by atoms with van der Waals surface area (Å²) in [6, 6.07) is -0.541. The van der Waals surface area contributed by atoms with Crippen LogP contribution in [0.15, 0.2) is 36.5 Å². The van der Waals surface area contributed by atoms with Crippen molar-refractivity contribution < 1.29 is 15.0 Å². The smallest absolute Gasteiger partial charge is 0.220 e. The molecule has 0 bridgehead atoms. The quantitative estimate of drug-likeness (QED) is 0.0817. The van der Waals surface area contributed by atoms with Gasteiger partial charge in [0, 0.05) is 6.42 Å². The summed E-state index contributed by atoms with van der Waals surface area (Å²) in [4.78, 5) is 12.2. The van der Waals surface area contributed by atoms with E-state index in [1.54, 1.807) is 0 Å². The molecule has 4 nitrogen and oxygen atoms in total. The molecule has 2 atom stereocenters. The summed E-state index contributed by atoms with van der Waals surface area (Å²) < 4.78 is 0. The fourth-order valence-electron chi connectivity index (χ4n) is 4.31. The van der Waals surface area contributed by atoms with Crippen molar-refractivity contribution in [2.24, 2.45) is 0 Å². The first-order valence-corrected chi connectivity index (χ1v) is 15.2. The molecule has 0 rings (SSSR count). The molecule has 0 spiro atoms. The third-order valence-electron chi connectivity index (χ3n) is 6.67. The molecule has 0 saturated heterocycles. The van der Waals surface area contributed by atoms with Crippen LogP contribution >= 0.6 is 0 Å². The predicted octanol–water partition coefficient (Wildman–Crippen LogP) is 8.33. The molecule has 210 valence electrons. The molecule has 0 aromatic carbocycles. The normalized spacial score (nSPS) is 13.8. The molecule has 0 saturated carbocycles. The molecule has 2 unspecified atom stereocenters. The Morgan fingerprint density at radius 1 is 0.694 bits per heavy atom. The molecule has 0 radical (unpaired) electrons. The van der Waals surface area contributed by atoms with Crippen LogP contribution in [-0.2, 0) is 4.79 Å². The number of rotatable bonds is 26. The zero-order valence-electron chi connectivity index (χ0n) is 23.8. The lowest BCUT2D eigenvalue weighted by molar-refractivity contribution is -0.123. The SMILES string of the molecule is CC/C=C\C/C=C\C/C=C\CCCCCCCC(=O)NC(CO)C(O)CCCCCCCCCCC. The van der Waals surface area contributed by atoms with Gasteiger partial charge in [0.05, 0.1) is 18.8 Å². The Morgan fingerprint density at radius 3 is 1.83 bits per heavy atom. The monoisotopic (exact) mass is 505 g/mol. The van der Waals surface area contributed by atoms with E-state index < -0.39 is 12.1 Å². The van der Waals surface area contributed by atoms with Crippen LogP contribution < -0.4 is 5.32 Å². The van der Waals surface area contributed by atoms with Gasteiger partial charge < -0.3 is 15.5 Å². The maximum absolute atomic E-state index is 12.2. The highest BCUT2D eigenvalue weighted by atomic mass is 16.3. The van der Waals surface area contributed by atoms with Crippen LogP contribution in [0.25, 0.3) is 0 Å². The zero-order chi connectivity index (χ0) is 26.5. The van der Waals surface area contributed by atoms with Crippen molar-refractivity contribution in [3.63, 3.8) is 0 Å². The minimum absolute atomic E-state index is 0.0543. The van der Waals surface area contributed by atoms with E-state index >= 15 is 0 Å². The van der Waals surface area contributed by atoms with Crippen molar-refractivity contribution in [3.8, 4) is 0 Å². The molecular weight excluding hydrogens is 446 g/mol. The lowest BCUT2D eigenvalue weighted by atomic mass is 10.0. The maximum Gasteiger partial charge on any atom is 0.220 e. The number of aliphatic hydroxyl groups excluding tert-OH is 2. The molecular formula is C32H59NO3. The van der Waals surface area contributed by atoms with Gasteiger partial charge >= 0.3 is 0 Å². The summed E-state index contributed by atoms with van der Waals surface area (Å²) in [7, 11) is 0. The van der Waals surface area contributed by atoms with Gasteiger partial charge in [0.15, 0.2) is 0 Å². The average molecular weight is 506 g/mol. The van der Waals surface area contributed by atoms with Gasteiger partial charge in [-0.2, -0.15) is 0 Å². The van der Waals surface area contributed by atoms with Crippen molar-refractivity contribution in [3.05, 3.63) is 36.5 Å². The number of amides is 1. The Labute approximate surface area is 223 Å². The van der Waals surface area contributed by atoms with E-state index in [0.29, 0.717) is 12.8 Å². The minimum Gasteiger partial charge on any atom is -0.394 e. The minimum atomic E-state index is -0.662. The van der Waals surface area contributed by atoms with Crippen molar-refractivity contribution in [2.75, 3.05) is 6.61 Å². The predicted molar refractivity (Wildman–Crippen MR) is 156 cm³/mol. The van der Waals surface area contributed by atoms with E-state index in [1.807, 2.05) is 0 Å². The largest absolute Gasteiger partial charge is 0.394 e. The number of carbonyl (C=O) groups excluding carboxylic acids is 1. The Hall–Kier alpha value is -1.39. The summed E-state index contributed by atoms with van der Waals surface area (Å²) in [6.07, 6.45) is 34.7. The van der Waals surface area contributed by atoms with E-state index in [-0.39, 0.29) is 12.5 Å². The molecule has 0 fully saturated rings. The molecule has 0 aromatic heterocycles. The van der Waals surface area contributed by atoms with Gasteiger partial charge in [-0.15, -0.1) is 0 Å². The van der Waals surface area contributed by atoms with Crippen LogP contribution in [-0.4, -0.2) is 34.9 Å². The van der Waals surface area contributed by atoms with Crippen molar-refractivity contribution >= 4 is 5.91 Å². The molecule has 0 aliphatic rings. The Bertz CT molecular complexity index is 556. The van der Waals surface area contributed by atoms with Crippen molar-refractivity contribution in [1.29, 1.82) is 0 Å². The second-order valence-corrected chi connectivity index (χ2v) is 10.1. The second-order valence-electron chi connectivity index (χ2n) is 10.1. The number of nitrogens with one attached hydrogen (secondary N) is 1. The Balaban J connectivity index is 3.67. The highest BCUT2D eigenvalue weighted by molar-refractivity contribution is 5.76. The molecule has 0 heterocycles. The van der Waals surface area contributed by atoms with Gasteiger partial charge in [-0.3, -0.25) is 4.79 Å². The van der Waals surface area contributed by atoms with Gasteiger partial charge in [0.2, 0.25) is 5.91 Å². The molecule has 0 aromatic rings. The fraction of sp³-hybridized carbons (Fsp3) is 0.781. The van der Waals surface area contributed by atoms with Gasteiger partial charge in [-0.05, 0) is 44.9 Å². The number of carbonyl (C=O) groups is 1. The maximum atomic E-state index is 12.2. The van der Waals surface area contributed by atoms with Gasteiger partial charge in [-0.25, -0.2) is 0 Å². The summed E-state index contributed by atoms with van der Waals surface area (Å²) in [5.74, 6) is -0.0543. The second kappa shape index (κ2) is 28.2.